The van der Waals surface area contributed by atoms with E-state index in [0.29, 0.717) is 16.6 Å². The summed E-state index contributed by atoms with van der Waals surface area (Å²) in [7, 11) is -1.99. The van der Waals surface area contributed by atoms with Crippen molar-refractivity contribution < 1.29 is 8.42 Å². The molecule has 0 saturated heterocycles. The van der Waals surface area contributed by atoms with Gasteiger partial charge in [-0.15, -0.1) is 0 Å². The minimum absolute atomic E-state index is 0.189. The van der Waals surface area contributed by atoms with Gasteiger partial charge >= 0.3 is 0 Å². The summed E-state index contributed by atoms with van der Waals surface area (Å²) in [6.07, 6.45) is 4.70. The summed E-state index contributed by atoms with van der Waals surface area (Å²) in [4.78, 5) is 0.323. The Bertz CT molecular complexity index is 567. The lowest BCUT2D eigenvalue weighted by atomic mass is 9.73. The van der Waals surface area contributed by atoms with Gasteiger partial charge < -0.3 is 5.32 Å². The van der Waals surface area contributed by atoms with Gasteiger partial charge in [-0.2, -0.15) is 0 Å². The van der Waals surface area contributed by atoms with Crippen LogP contribution < -0.4 is 10.0 Å². The Morgan fingerprint density at radius 2 is 1.90 bits per heavy atom. The van der Waals surface area contributed by atoms with E-state index in [1.54, 1.807) is 12.1 Å². The molecule has 1 aliphatic carbocycles. The van der Waals surface area contributed by atoms with Crippen molar-refractivity contribution in [2.45, 2.75) is 50.5 Å². The van der Waals surface area contributed by atoms with Crippen molar-refractivity contribution in [2.24, 2.45) is 5.41 Å². The van der Waals surface area contributed by atoms with Crippen LogP contribution in [0.4, 0.5) is 5.69 Å². The lowest BCUT2D eigenvalue weighted by molar-refractivity contribution is 0.217. The van der Waals surface area contributed by atoms with E-state index >= 15 is 0 Å². The molecule has 1 aliphatic rings. The van der Waals surface area contributed by atoms with Gasteiger partial charge in [-0.1, -0.05) is 38.8 Å². The van der Waals surface area contributed by atoms with Crippen LogP contribution in [0.3, 0.4) is 0 Å². The third-order valence-corrected chi connectivity index (χ3v) is 5.75. The number of hydrogen-bond donors (Lipinski definition) is 2. The molecular weight excluding hydrogens is 272 g/mol. The maximum atomic E-state index is 12.1. The van der Waals surface area contributed by atoms with Crippen molar-refractivity contribution in [1.29, 1.82) is 0 Å². The monoisotopic (exact) mass is 296 g/mol. The van der Waals surface area contributed by atoms with Gasteiger partial charge in [0.25, 0.3) is 0 Å². The third kappa shape index (κ3) is 3.15. The molecule has 2 N–H and O–H groups in total. The van der Waals surface area contributed by atoms with Gasteiger partial charge in [0, 0.05) is 6.04 Å². The summed E-state index contributed by atoms with van der Waals surface area (Å²) >= 11 is 0. The van der Waals surface area contributed by atoms with Crippen molar-refractivity contribution in [3.63, 3.8) is 0 Å². The van der Waals surface area contributed by atoms with Crippen LogP contribution in [0.15, 0.2) is 29.2 Å². The first-order valence-electron chi connectivity index (χ1n) is 7.16. The first kappa shape index (κ1) is 15.3. The molecule has 1 atom stereocenters. The van der Waals surface area contributed by atoms with Gasteiger partial charge in [0.2, 0.25) is 10.0 Å². The van der Waals surface area contributed by atoms with Gasteiger partial charge in [0.05, 0.1) is 5.69 Å². The normalized spacial score (nSPS) is 22.4. The first-order chi connectivity index (χ1) is 9.37. The zero-order valence-electron chi connectivity index (χ0n) is 12.4. The number of benzene rings is 1. The molecule has 0 radical (unpaired) electrons. The molecule has 1 saturated carbocycles. The molecule has 20 heavy (non-hydrogen) atoms. The molecule has 0 aromatic heterocycles. The van der Waals surface area contributed by atoms with Crippen LogP contribution in [0, 0.1) is 5.41 Å². The first-order valence-corrected chi connectivity index (χ1v) is 8.64. The molecule has 1 fully saturated rings. The van der Waals surface area contributed by atoms with E-state index in [2.05, 4.69) is 23.9 Å². The molecule has 0 bridgehead atoms. The van der Waals surface area contributed by atoms with E-state index in [1.165, 1.54) is 26.3 Å². The minimum atomic E-state index is -3.43. The van der Waals surface area contributed by atoms with E-state index < -0.39 is 10.0 Å². The Morgan fingerprint density at radius 1 is 1.20 bits per heavy atom. The highest BCUT2D eigenvalue weighted by molar-refractivity contribution is 7.89. The summed E-state index contributed by atoms with van der Waals surface area (Å²) in [5.41, 5.74) is 0.885. The van der Waals surface area contributed by atoms with Gasteiger partial charge in [-0.25, -0.2) is 13.1 Å². The zero-order chi connectivity index (χ0) is 14.8. The second-order valence-electron chi connectivity index (χ2n) is 6.14. The van der Waals surface area contributed by atoms with Crippen LogP contribution in [0.1, 0.15) is 39.5 Å². The van der Waals surface area contributed by atoms with Crippen molar-refractivity contribution in [2.75, 3.05) is 12.4 Å². The molecule has 112 valence electrons. The fourth-order valence-corrected chi connectivity index (χ4v) is 3.77. The fourth-order valence-electron chi connectivity index (χ4n) is 2.88. The molecule has 1 unspecified atom stereocenters. The molecule has 2 rings (SSSR count). The van der Waals surface area contributed by atoms with E-state index in [0.717, 1.165) is 6.42 Å². The van der Waals surface area contributed by atoms with Crippen LogP contribution in [-0.4, -0.2) is 21.5 Å². The standard InChI is InChI=1S/C15H24N2O2S/c1-15(2)11-7-6-10-14(15)17-12-8-4-5-9-13(12)20(18,19)16-3/h4-5,8-9,14,16-17H,6-7,10-11H2,1-3H3. The largest absolute Gasteiger partial charge is 0.381 e. The zero-order valence-corrected chi connectivity index (χ0v) is 13.3. The van der Waals surface area contributed by atoms with E-state index in [1.807, 2.05) is 12.1 Å². The van der Waals surface area contributed by atoms with E-state index in [4.69, 9.17) is 0 Å². The quantitative estimate of drug-likeness (QED) is 0.898. The number of para-hydroxylation sites is 1. The lowest BCUT2D eigenvalue weighted by Gasteiger charge is -2.40. The second kappa shape index (κ2) is 5.74. The highest BCUT2D eigenvalue weighted by Gasteiger charge is 2.32. The molecular formula is C15H24N2O2S. The van der Waals surface area contributed by atoms with Gasteiger partial charge in [0.1, 0.15) is 4.90 Å². The van der Waals surface area contributed by atoms with Gasteiger partial charge in [-0.3, -0.25) is 0 Å². The summed E-state index contributed by atoms with van der Waals surface area (Å²) in [5.74, 6) is 0. The number of hydrogen-bond acceptors (Lipinski definition) is 3. The highest BCUT2D eigenvalue weighted by Crippen LogP contribution is 2.38. The lowest BCUT2D eigenvalue weighted by Crippen LogP contribution is -2.39. The molecule has 0 heterocycles. The predicted octanol–water partition coefficient (Wildman–Crippen LogP) is 2.98. The van der Waals surface area contributed by atoms with Crippen molar-refractivity contribution in [1.82, 2.24) is 4.72 Å². The van der Waals surface area contributed by atoms with Crippen LogP contribution in [0.25, 0.3) is 0 Å². The smallest absolute Gasteiger partial charge is 0.242 e. The highest BCUT2D eigenvalue weighted by atomic mass is 32.2. The third-order valence-electron chi connectivity index (χ3n) is 4.28. The molecule has 4 nitrogen and oxygen atoms in total. The molecule has 0 spiro atoms. The Labute approximate surface area is 122 Å². The van der Waals surface area contributed by atoms with E-state index in [9.17, 15) is 8.42 Å². The van der Waals surface area contributed by atoms with Crippen LogP contribution >= 0.6 is 0 Å². The second-order valence-corrected chi connectivity index (χ2v) is 7.99. The molecule has 5 heteroatoms. The molecule has 1 aromatic carbocycles. The van der Waals surface area contributed by atoms with Crippen molar-refractivity contribution in [3.05, 3.63) is 24.3 Å². The van der Waals surface area contributed by atoms with Crippen LogP contribution in [0.2, 0.25) is 0 Å². The Morgan fingerprint density at radius 3 is 2.55 bits per heavy atom. The van der Waals surface area contributed by atoms with Gasteiger partial charge in [0.15, 0.2) is 0 Å². The van der Waals surface area contributed by atoms with E-state index in [-0.39, 0.29) is 5.41 Å². The fraction of sp³-hybridized carbons (Fsp3) is 0.600. The Kier molecular flexibility index (Phi) is 4.39. The maximum absolute atomic E-state index is 12.1. The average Bonchev–Trinajstić information content (AvgIpc) is 2.41. The summed E-state index contributed by atoms with van der Waals surface area (Å²) < 4.78 is 26.5. The maximum Gasteiger partial charge on any atom is 0.242 e. The summed E-state index contributed by atoms with van der Waals surface area (Å²) in [6.45, 7) is 4.50. The summed E-state index contributed by atoms with van der Waals surface area (Å²) in [5, 5.41) is 3.46. The SMILES string of the molecule is CNS(=O)(=O)c1ccccc1NC1CCCCC1(C)C. The van der Waals surface area contributed by atoms with Crippen LogP contribution in [-0.2, 0) is 10.0 Å². The predicted molar refractivity (Wildman–Crippen MR) is 82.3 cm³/mol. The minimum Gasteiger partial charge on any atom is -0.381 e. The molecule has 0 aliphatic heterocycles. The topological polar surface area (TPSA) is 58.2 Å². The summed E-state index contributed by atoms with van der Waals surface area (Å²) in [6, 6.07) is 7.41. The number of nitrogens with one attached hydrogen (secondary N) is 2. The Balaban J connectivity index is 2.30. The average molecular weight is 296 g/mol. The number of anilines is 1. The molecule has 1 aromatic rings. The molecule has 0 amide bonds. The number of rotatable bonds is 4. The van der Waals surface area contributed by atoms with Gasteiger partial charge in [-0.05, 0) is 37.4 Å². The van der Waals surface area contributed by atoms with Crippen molar-refractivity contribution >= 4 is 15.7 Å². The number of sulfonamides is 1. The Hall–Kier alpha value is -1.07. The van der Waals surface area contributed by atoms with Crippen LogP contribution in [0.5, 0.6) is 0 Å². The van der Waals surface area contributed by atoms with Crippen molar-refractivity contribution in [3.8, 4) is 0 Å².